The zero-order valence-corrected chi connectivity index (χ0v) is 18.7. The van der Waals surface area contributed by atoms with E-state index in [9.17, 15) is 4.79 Å². The highest BCUT2D eigenvalue weighted by Gasteiger charge is 2.13. The Morgan fingerprint density at radius 3 is 3.00 bits per heavy atom. The van der Waals surface area contributed by atoms with Gasteiger partial charge >= 0.3 is 0 Å². The van der Waals surface area contributed by atoms with E-state index in [2.05, 4.69) is 31.4 Å². The highest BCUT2D eigenvalue weighted by atomic mass is 16.5. The SMILES string of the molecule is [2H]C([2H])([2H])C([2H])([2H])Oc1cc2ncnc(Nc3cccc(C#C)c3)c2cc1NC(=O)/C=C/CN1CCCCC1. The number of likely N-dealkylation sites (tertiary alicyclic amines) is 1. The molecule has 7 heteroatoms. The van der Waals surface area contributed by atoms with Crippen LogP contribution in [0, 0.1) is 12.3 Å². The summed E-state index contributed by atoms with van der Waals surface area (Å²) in [5, 5.41) is 6.36. The Labute approximate surface area is 207 Å². The summed E-state index contributed by atoms with van der Waals surface area (Å²) >= 11 is 0. The predicted octanol–water partition coefficient (Wildman–Crippen LogP) is 4.73. The van der Waals surface area contributed by atoms with Crippen LogP contribution in [0.2, 0.25) is 0 Å². The van der Waals surface area contributed by atoms with E-state index in [4.69, 9.17) is 18.0 Å². The first-order valence-corrected chi connectivity index (χ1v) is 11.1. The summed E-state index contributed by atoms with van der Waals surface area (Å²) in [6, 6.07) is 10.1. The summed E-state index contributed by atoms with van der Waals surface area (Å²) in [4.78, 5) is 23.6. The number of fused-ring (bicyclic) bond motifs is 1. The molecular formula is C27H29N5O2. The summed E-state index contributed by atoms with van der Waals surface area (Å²) in [6.07, 6.45) is 13.5. The maximum absolute atomic E-state index is 12.8. The molecule has 0 saturated carbocycles. The molecule has 0 aliphatic carbocycles. The van der Waals surface area contributed by atoms with Crippen LogP contribution in [0.1, 0.15) is 38.5 Å². The Bertz CT molecular complexity index is 1410. The fourth-order valence-corrected chi connectivity index (χ4v) is 3.87. The van der Waals surface area contributed by atoms with Crippen LogP contribution in [-0.4, -0.2) is 47.0 Å². The average Bonchev–Trinajstić information content (AvgIpc) is 2.89. The number of carbonyl (C=O) groups is 1. The molecule has 1 aliphatic rings. The predicted molar refractivity (Wildman–Crippen MR) is 136 cm³/mol. The summed E-state index contributed by atoms with van der Waals surface area (Å²) in [5.74, 6) is 2.32. The minimum atomic E-state index is -3.07. The maximum Gasteiger partial charge on any atom is 0.248 e. The van der Waals surface area contributed by atoms with Gasteiger partial charge in [0, 0.05) is 39.4 Å². The van der Waals surface area contributed by atoms with E-state index in [0.717, 1.165) is 25.9 Å². The number of aromatic nitrogens is 2. The molecule has 0 bridgehead atoms. The number of nitrogens with zero attached hydrogens (tertiary/aromatic N) is 3. The molecule has 1 aliphatic heterocycles. The lowest BCUT2D eigenvalue weighted by molar-refractivity contribution is -0.111. The number of hydrogen-bond donors (Lipinski definition) is 2. The zero-order chi connectivity index (χ0) is 28.0. The van der Waals surface area contributed by atoms with Crippen molar-refractivity contribution in [2.75, 3.05) is 36.8 Å². The Morgan fingerprint density at radius 1 is 1.29 bits per heavy atom. The molecule has 174 valence electrons. The molecule has 2 heterocycles. The number of terminal acetylenes is 1. The van der Waals surface area contributed by atoms with Crippen molar-refractivity contribution in [2.45, 2.75) is 26.1 Å². The lowest BCUT2D eigenvalue weighted by Crippen LogP contribution is -2.29. The first-order valence-electron chi connectivity index (χ1n) is 13.6. The summed E-state index contributed by atoms with van der Waals surface area (Å²) in [7, 11) is 0. The molecule has 3 aromatic rings. The minimum Gasteiger partial charge on any atom is -0.492 e. The van der Waals surface area contributed by atoms with Crippen molar-refractivity contribution in [3.05, 3.63) is 60.4 Å². The summed E-state index contributed by atoms with van der Waals surface area (Å²) < 4.78 is 43.8. The number of rotatable bonds is 8. The third kappa shape index (κ3) is 5.91. The van der Waals surface area contributed by atoms with Gasteiger partial charge in [0.25, 0.3) is 0 Å². The Hall–Kier alpha value is -3.89. The number of amides is 1. The quantitative estimate of drug-likeness (QED) is 0.374. The van der Waals surface area contributed by atoms with E-state index in [-0.39, 0.29) is 11.4 Å². The van der Waals surface area contributed by atoms with Crippen LogP contribution in [0.5, 0.6) is 5.75 Å². The Morgan fingerprint density at radius 2 is 2.18 bits per heavy atom. The van der Waals surface area contributed by atoms with Gasteiger partial charge < -0.3 is 15.4 Å². The standard InChI is InChI=1S/C27H29N5O2/c1-3-20-10-8-11-21(16-20)30-27-22-17-24(25(34-4-2)18-23(22)28-19-29-27)31-26(33)12-9-15-32-13-6-5-7-14-32/h1,8-12,16-19H,4-7,13-15H2,2H3,(H,31,33)(H,28,29,30)/b12-9+/i2D3,4D2. The van der Waals surface area contributed by atoms with Crippen LogP contribution >= 0.6 is 0 Å². The van der Waals surface area contributed by atoms with Crippen LogP contribution in [0.15, 0.2) is 54.9 Å². The van der Waals surface area contributed by atoms with Gasteiger partial charge in [0.1, 0.15) is 17.9 Å². The summed E-state index contributed by atoms with van der Waals surface area (Å²) in [5.41, 5.74) is 1.76. The lowest BCUT2D eigenvalue weighted by atomic mass is 10.1. The number of nitrogens with one attached hydrogen (secondary N) is 2. The van der Waals surface area contributed by atoms with Gasteiger partial charge in [0.2, 0.25) is 5.91 Å². The highest BCUT2D eigenvalue weighted by molar-refractivity contribution is 6.03. The second kappa shape index (κ2) is 11.3. The van der Waals surface area contributed by atoms with Crippen molar-refractivity contribution in [3.8, 4) is 18.1 Å². The van der Waals surface area contributed by atoms with Gasteiger partial charge in [0.15, 0.2) is 0 Å². The topological polar surface area (TPSA) is 79.4 Å². The van der Waals surface area contributed by atoms with Crippen molar-refractivity contribution >= 4 is 34.0 Å². The van der Waals surface area contributed by atoms with Crippen LogP contribution in [-0.2, 0) is 4.79 Å². The van der Waals surface area contributed by atoms with Crippen LogP contribution in [0.25, 0.3) is 10.9 Å². The molecule has 0 radical (unpaired) electrons. The van der Waals surface area contributed by atoms with Gasteiger partial charge in [-0.2, -0.15) is 0 Å². The molecule has 2 N–H and O–H groups in total. The van der Waals surface area contributed by atoms with Crippen molar-refractivity contribution in [2.24, 2.45) is 0 Å². The highest BCUT2D eigenvalue weighted by Crippen LogP contribution is 2.33. The van der Waals surface area contributed by atoms with E-state index in [1.807, 2.05) is 6.07 Å². The number of hydrogen-bond acceptors (Lipinski definition) is 6. The van der Waals surface area contributed by atoms with Crippen molar-refractivity contribution in [1.29, 1.82) is 0 Å². The molecule has 1 amide bonds. The van der Waals surface area contributed by atoms with E-state index < -0.39 is 19.3 Å². The fourth-order valence-electron chi connectivity index (χ4n) is 3.87. The normalized spacial score (nSPS) is 17.1. The van der Waals surface area contributed by atoms with Gasteiger partial charge in [-0.05, 0) is 57.0 Å². The molecule has 0 spiro atoms. The number of benzene rings is 2. The first-order chi connectivity index (χ1) is 18.6. The molecule has 4 rings (SSSR count). The molecule has 1 fully saturated rings. The molecule has 0 unspecified atom stereocenters. The van der Waals surface area contributed by atoms with Crippen molar-refractivity contribution in [1.82, 2.24) is 14.9 Å². The van der Waals surface area contributed by atoms with E-state index in [0.29, 0.717) is 34.5 Å². The Kier molecular flexibility index (Phi) is 5.84. The van der Waals surface area contributed by atoms with E-state index in [1.165, 1.54) is 31.0 Å². The van der Waals surface area contributed by atoms with Crippen LogP contribution in [0.4, 0.5) is 17.2 Å². The number of ether oxygens (including phenoxy) is 1. The third-order valence-electron chi connectivity index (χ3n) is 5.53. The minimum absolute atomic E-state index is 0.0680. The zero-order valence-electron chi connectivity index (χ0n) is 23.7. The van der Waals surface area contributed by atoms with Crippen molar-refractivity contribution < 1.29 is 16.4 Å². The van der Waals surface area contributed by atoms with Crippen LogP contribution in [0.3, 0.4) is 0 Å². The monoisotopic (exact) mass is 460 g/mol. The Balaban J connectivity index is 1.67. The second-order valence-electron chi connectivity index (χ2n) is 7.89. The maximum atomic E-state index is 12.8. The summed E-state index contributed by atoms with van der Waals surface area (Å²) in [6.45, 7) is -3.49. The van der Waals surface area contributed by atoms with Gasteiger partial charge in [-0.3, -0.25) is 9.69 Å². The van der Waals surface area contributed by atoms with Gasteiger partial charge in [-0.1, -0.05) is 24.5 Å². The number of piperidine rings is 1. The third-order valence-corrected chi connectivity index (χ3v) is 5.53. The smallest absolute Gasteiger partial charge is 0.248 e. The number of carbonyl (C=O) groups excluding carboxylic acids is 1. The van der Waals surface area contributed by atoms with E-state index >= 15 is 0 Å². The first kappa shape index (κ1) is 17.6. The molecular weight excluding hydrogens is 426 g/mol. The van der Waals surface area contributed by atoms with Gasteiger partial charge in [-0.25, -0.2) is 9.97 Å². The molecule has 0 atom stereocenters. The molecule has 34 heavy (non-hydrogen) atoms. The largest absolute Gasteiger partial charge is 0.492 e. The van der Waals surface area contributed by atoms with Gasteiger partial charge in [-0.15, -0.1) is 6.42 Å². The second-order valence-corrected chi connectivity index (χ2v) is 7.89. The average molecular weight is 461 g/mol. The van der Waals surface area contributed by atoms with Gasteiger partial charge in [0.05, 0.1) is 20.5 Å². The number of anilines is 3. The van der Waals surface area contributed by atoms with E-state index in [1.54, 1.807) is 24.3 Å². The van der Waals surface area contributed by atoms with Crippen molar-refractivity contribution in [3.63, 3.8) is 0 Å². The molecule has 7 nitrogen and oxygen atoms in total. The molecule has 1 saturated heterocycles. The fraction of sp³-hybridized carbons (Fsp3) is 0.296. The molecule has 2 aromatic carbocycles. The molecule has 1 aromatic heterocycles. The van der Waals surface area contributed by atoms with Crippen LogP contribution < -0.4 is 15.4 Å². The lowest BCUT2D eigenvalue weighted by Gasteiger charge is -2.24.